The Morgan fingerprint density at radius 1 is 1.33 bits per heavy atom. The third-order valence-electron chi connectivity index (χ3n) is 2.31. The first-order chi connectivity index (χ1) is 5.70. The van der Waals surface area contributed by atoms with Gasteiger partial charge in [-0.15, -0.1) is 0 Å². The smallest absolute Gasteiger partial charge is 0.115 e. The van der Waals surface area contributed by atoms with Gasteiger partial charge in [-0.2, -0.15) is 0 Å². The van der Waals surface area contributed by atoms with E-state index >= 15 is 0 Å². The fourth-order valence-corrected chi connectivity index (χ4v) is 1.00. The van der Waals surface area contributed by atoms with Gasteiger partial charge in [0.05, 0.1) is 0 Å². The van der Waals surface area contributed by atoms with Gasteiger partial charge >= 0.3 is 0 Å². The van der Waals surface area contributed by atoms with Crippen molar-refractivity contribution < 1.29 is 0 Å². The number of hydrogen-bond acceptors (Lipinski definition) is 2. The molecule has 1 aromatic rings. The second kappa shape index (κ2) is 4.19. The summed E-state index contributed by atoms with van der Waals surface area (Å²) in [5.74, 6) is 1.42. The molecule has 0 bridgehead atoms. The molecule has 0 fully saturated rings. The van der Waals surface area contributed by atoms with E-state index in [2.05, 4.69) is 30.7 Å². The van der Waals surface area contributed by atoms with Gasteiger partial charge in [0.15, 0.2) is 0 Å². The molecule has 1 heterocycles. The lowest BCUT2D eigenvalue weighted by Crippen LogP contribution is -2.08. The van der Waals surface area contributed by atoms with Gasteiger partial charge in [0.25, 0.3) is 0 Å². The van der Waals surface area contributed by atoms with Crippen molar-refractivity contribution in [2.75, 3.05) is 0 Å². The normalized spacial score (nSPS) is 13.3. The van der Waals surface area contributed by atoms with Crippen molar-refractivity contribution in [3.63, 3.8) is 0 Å². The van der Waals surface area contributed by atoms with Crippen LogP contribution < -0.4 is 0 Å². The average molecular weight is 164 g/mol. The van der Waals surface area contributed by atoms with E-state index in [-0.39, 0.29) is 0 Å². The summed E-state index contributed by atoms with van der Waals surface area (Å²) in [4.78, 5) is 8.08. The Balaban J connectivity index is 2.53. The van der Waals surface area contributed by atoms with Crippen molar-refractivity contribution in [2.45, 2.75) is 27.2 Å². The Kier molecular flexibility index (Phi) is 3.20. The fourth-order valence-electron chi connectivity index (χ4n) is 1.00. The molecule has 0 aromatic carbocycles. The highest BCUT2D eigenvalue weighted by Gasteiger charge is 2.07. The van der Waals surface area contributed by atoms with Crippen LogP contribution in [-0.2, 0) is 6.42 Å². The van der Waals surface area contributed by atoms with Crippen LogP contribution >= 0.6 is 0 Å². The maximum absolute atomic E-state index is 4.19. The molecule has 0 N–H and O–H groups in total. The lowest BCUT2D eigenvalue weighted by atomic mass is 9.93. The van der Waals surface area contributed by atoms with Crippen molar-refractivity contribution in [1.82, 2.24) is 9.97 Å². The van der Waals surface area contributed by atoms with Crippen LogP contribution in [0.15, 0.2) is 18.6 Å². The topological polar surface area (TPSA) is 25.8 Å². The van der Waals surface area contributed by atoms with E-state index in [0.29, 0.717) is 5.92 Å². The monoisotopic (exact) mass is 164 g/mol. The maximum atomic E-state index is 4.19. The fraction of sp³-hybridized carbons (Fsp3) is 0.600. The van der Waals surface area contributed by atoms with Gasteiger partial charge in [0.2, 0.25) is 0 Å². The first kappa shape index (κ1) is 9.17. The Labute approximate surface area is 74.1 Å². The summed E-state index contributed by atoms with van der Waals surface area (Å²) in [5, 5.41) is 0. The Bertz CT molecular complexity index is 219. The number of rotatable bonds is 3. The average Bonchev–Trinajstić information content (AvgIpc) is 2.06. The van der Waals surface area contributed by atoms with Crippen molar-refractivity contribution in [1.29, 1.82) is 0 Å². The molecule has 0 saturated carbocycles. The zero-order chi connectivity index (χ0) is 8.97. The van der Waals surface area contributed by atoms with Crippen LogP contribution in [0.4, 0.5) is 0 Å². The quantitative estimate of drug-likeness (QED) is 0.685. The summed E-state index contributed by atoms with van der Waals surface area (Å²) in [6, 6.07) is 1.98. The van der Waals surface area contributed by atoms with Gasteiger partial charge in [-0.3, -0.25) is 0 Å². The van der Waals surface area contributed by atoms with E-state index < -0.39 is 0 Å². The van der Waals surface area contributed by atoms with Crippen molar-refractivity contribution >= 4 is 0 Å². The zero-order valence-corrected chi connectivity index (χ0v) is 7.99. The molecule has 0 spiro atoms. The van der Waals surface area contributed by atoms with Gasteiger partial charge in [0, 0.05) is 11.9 Å². The van der Waals surface area contributed by atoms with E-state index in [1.807, 2.05) is 6.07 Å². The standard InChI is InChI=1S/C10H16N2/c1-8(2)9(3)6-10-4-5-11-7-12-10/h4-5,7-9H,6H2,1-3H3. The number of hydrogen-bond donors (Lipinski definition) is 0. The van der Waals surface area contributed by atoms with E-state index in [4.69, 9.17) is 0 Å². The minimum absolute atomic E-state index is 0.694. The molecule has 2 nitrogen and oxygen atoms in total. The minimum Gasteiger partial charge on any atom is -0.245 e. The number of nitrogens with zero attached hydrogens (tertiary/aromatic N) is 2. The van der Waals surface area contributed by atoms with Crippen LogP contribution in [0.3, 0.4) is 0 Å². The lowest BCUT2D eigenvalue weighted by Gasteiger charge is -2.13. The van der Waals surface area contributed by atoms with Gasteiger partial charge < -0.3 is 0 Å². The predicted octanol–water partition coefficient (Wildman–Crippen LogP) is 2.31. The molecular weight excluding hydrogens is 148 g/mol. The Morgan fingerprint density at radius 2 is 2.08 bits per heavy atom. The van der Waals surface area contributed by atoms with Crippen LogP contribution in [-0.4, -0.2) is 9.97 Å². The summed E-state index contributed by atoms with van der Waals surface area (Å²) in [7, 11) is 0. The van der Waals surface area contributed by atoms with Crippen LogP contribution in [0.1, 0.15) is 26.5 Å². The van der Waals surface area contributed by atoms with Crippen LogP contribution in [0.5, 0.6) is 0 Å². The molecule has 0 amide bonds. The van der Waals surface area contributed by atoms with E-state index in [1.165, 1.54) is 0 Å². The lowest BCUT2D eigenvalue weighted by molar-refractivity contribution is 0.413. The van der Waals surface area contributed by atoms with Crippen molar-refractivity contribution in [3.05, 3.63) is 24.3 Å². The second-order valence-corrected chi connectivity index (χ2v) is 3.63. The summed E-state index contributed by atoms with van der Waals surface area (Å²) >= 11 is 0. The molecular formula is C10H16N2. The van der Waals surface area contributed by atoms with Crippen LogP contribution in [0, 0.1) is 11.8 Å². The van der Waals surface area contributed by atoms with Crippen LogP contribution in [0.25, 0.3) is 0 Å². The first-order valence-corrected chi connectivity index (χ1v) is 4.45. The Hall–Kier alpha value is -0.920. The molecule has 0 aliphatic heterocycles. The molecule has 0 saturated heterocycles. The van der Waals surface area contributed by atoms with Crippen molar-refractivity contribution in [2.24, 2.45) is 11.8 Å². The highest BCUT2D eigenvalue weighted by atomic mass is 14.8. The second-order valence-electron chi connectivity index (χ2n) is 3.63. The van der Waals surface area contributed by atoms with Gasteiger partial charge in [-0.25, -0.2) is 9.97 Å². The Morgan fingerprint density at radius 3 is 2.58 bits per heavy atom. The molecule has 0 radical (unpaired) electrons. The van der Waals surface area contributed by atoms with Crippen LogP contribution in [0.2, 0.25) is 0 Å². The maximum Gasteiger partial charge on any atom is 0.115 e. The van der Waals surface area contributed by atoms with Gasteiger partial charge in [0.1, 0.15) is 6.33 Å². The van der Waals surface area contributed by atoms with E-state index in [9.17, 15) is 0 Å². The van der Waals surface area contributed by atoms with Gasteiger partial charge in [-0.1, -0.05) is 20.8 Å². The van der Waals surface area contributed by atoms with E-state index in [0.717, 1.165) is 18.0 Å². The molecule has 1 aromatic heterocycles. The first-order valence-electron chi connectivity index (χ1n) is 4.45. The molecule has 1 unspecified atom stereocenters. The molecule has 12 heavy (non-hydrogen) atoms. The summed E-state index contributed by atoms with van der Waals surface area (Å²) in [6.45, 7) is 6.74. The summed E-state index contributed by atoms with van der Waals surface area (Å²) in [5.41, 5.74) is 1.14. The van der Waals surface area contributed by atoms with Gasteiger partial charge in [-0.05, 0) is 24.3 Å². The molecule has 1 rings (SSSR count). The predicted molar refractivity (Wildman–Crippen MR) is 49.7 cm³/mol. The third kappa shape index (κ3) is 2.61. The molecule has 2 heteroatoms. The molecule has 66 valence electrons. The number of aromatic nitrogens is 2. The highest BCUT2D eigenvalue weighted by molar-refractivity contribution is 4.98. The van der Waals surface area contributed by atoms with Crippen molar-refractivity contribution in [3.8, 4) is 0 Å². The molecule has 1 atom stereocenters. The molecule has 0 aliphatic carbocycles. The highest BCUT2D eigenvalue weighted by Crippen LogP contribution is 2.14. The third-order valence-corrected chi connectivity index (χ3v) is 2.31. The summed E-state index contributed by atoms with van der Waals surface area (Å²) < 4.78 is 0. The SMILES string of the molecule is CC(C)C(C)Cc1ccncn1. The zero-order valence-electron chi connectivity index (χ0n) is 7.99. The largest absolute Gasteiger partial charge is 0.245 e. The summed E-state index contributed by atoms with van der Waals surface area (Å²) in [6.07, 6.45) is 4.47. The van der Waals surface area contributed by atoms with E-state index in [1.54, 1.807) is 12.5 Å². The molecule has 0 aliphatic rings. The minimum atomic E-state index is 0.694.